The van der Waals surface area contributed by atoms with Crippen molar-refractivity contribution in [2.75, 3.05) is 0 Å². The maximum Gasteiger partial charge on any atom is 0.270 e. The third-order valence-corrected chi connectivity index (χ3v) is 5.70. The molecule has 0 unspecified atom stereocenters. The van der Waals surface area contributed by atoms with Gasteiger partial charge in [-0.1, -0.05) is 50.2 Å². The summed E-state index contributed by atoms with van der Waals surface area (Å²) in [5.41, 5.74) is 4.97. The zero-order valence-corrected chi connectivity index (χ0v) is 15.9. The van der Waals surface area contributed by atoms with E-state index in [1.807, 2.05) is 42.5 Å². The van der Waals surface area contributed by atoms with Gasteiger partial charge in [-0.05, 0) is 40.8 Å². The lowest BCUT2D eigenvalue weighted by Crippen LogP contribution is -1.92. The molecule has 0 aliphatic heterocycles. The Kier molecular flexibility index (Phi) is 4.46. The monoisotopic (exact) mass is 374 g/mol. The average molecular weight is 374 g/mol. The van der Waals surface area contributed by atoms with E-state index in [4.69, 9.17) is 4.98 Å². The fourth-order valence-corrected chi connectivity index (χ4v) is 4.11. The van der Waals surface area contributed by atoms with Crippen LogP contribution in [-0.2, 0) is 0 Å². The van der Waals surface area contributed by atoms with Gasteiger partial charge in [-0.25, -0.2) is 4.98 Å². The number of hydrogen-bond donors (Lipinski definition) is 0. The van der Waals surface area contributed by atoms with Crippen LogP contribution in [0.1, 0.15) is 25.3 Å². The van der Waals surface area contributed by atoms with Gasteiger partial charge < -0.3 is 0 Å². The van der Waals surface area contributed by atoms with E-state index >= 15 is 0 Å². The highest BCUT2D eigenvalue weighted by Crippen LogP contribution is 2.38. The number of para-hydroxylation sites is 1. The van der Waals surface area contributed by atoms with Crippen molar-refractivity contribution in [1.82, 2.24) is 4.98 Å². The summed E-state index contributed by atoms with van der Waals surface area (Å²) in [6.07, 6.45) is 0. The van der Waals surface area contributed by atoms with Crippen molar-refractivity contribution in [2.45, 2.75) is 19.8 Å². The second-order valence-corrected chi connectivity index (χ2v) is 7.78. The molecule has 0 atom stereocenters. The molecule has 4 aromatic rings. The number of hydrogen-bond acceptors (Lipinski definition) is 4. The number of benzene rings is 3. The van der Waals surface area contributed by atoms with Gasteiger partial charge in [0.15, 0.2) is 0 Å². The predicted molar refractivity (Wildman–Crippen MR) is 111 cm³/mol. The maximum absolute atomic E-state index is 11.3. The van der Waals surface area contributed by atoms with Crippen molar-refractivity contribution in [3.05, 3.63) is 82.4 Å². The van der Waals surface area contributed by atoms with E-state index in [0.717, 1.165) is 31.9 Å². The summed E-state index contributed by atoms with van der Waals surface area (Å²) in [4.78, 5) is 15.7. The molecular formula is C22H18N2O2S. The molecule has 5 heteroatoms. The van der Waals surface area contributed by atoms with Crippen molar-refractivity contribution in [3.8, 4) is 21.7 Å². The molecule has 0 aliphatic carbocycles. The molecule has 134 valence electrons. The summed E-state index contributed by atoms with van der Waals surface area (Å²) in [6, 6.07) is 21.2. The molecule has 27 heavy (non-hydrogen) atoms. The molecule has 3 aromatic carbocycles. The Hall–Kier alpha value is -3.05. The summed E-state index contributed by atoms with van der Waals surface area (Å²) in [6.45, 7) is 4.30. The molecule has 0 spiro atoms. The standard InChI is InChI=1S/C22H18N2O2S/c1-14(2)15-7-9-16(10-8-15)19-13-17(24(25)26)11-12-18(19)22-23-20-5-3-4-6-21(20)27-22/h3-14H,1-2H3. The largest absolute Gasteiger partial charge is 0.270 e. The van der Waals surface area contributed by atoms with Crippen LogP contribution >= 0.6 is 11.3 Å². The first-order chi connectivity index (χ1) is 13.0. The normalized spacial score (nSPS) is 11.2. The van der Waals surface area contributed by atoms with Crippen LogP contribution in [0.3, 0.4) is 0 Å². The first-order valence-electron chi connectivity index (χ1n) is 8.77. The molecule has 0 amide bonds. The zero-order chi connectivity index (χ0) is 19.0. The van der Waals surface area contributed by atoms with Gasteiger partial charge in [0.05, 0.1) is 15.1 Å². The van der Waals surface area contributed by atoms with Gasteiger partial charge in [-0.3, -0.25) is 10.1 Å². The Balaban J connectivity index is 1.89. The summed E-state index contributed by atoms with van der Waals surface area (Å²) in [7, 11) is 0. The fraction of sp³-hybridized carbons (Fsp3) is 0.136. The molecule has 0 N–H and O–H groups in total. The Morgan fingerprint density at radius 3 is 2.37 bits per heavy atom. The van der Waals surface area contributed by atoms with Gasteiger partial charge >= 0.3 is 0 Å². The van der Waals surface area contributed by atoms with Crippen LogP contribution < -0.4 is 0 Å². The lowest BCUT2D eigenvalue weighted by molar-refractivity contribution is -0.384. The van der Waals surface area contributed by atoms with Crippen molar-refractivity contribution in [1.29, 1.82) is 0 Å². The smallest absolute Gasteiger partial charge is 0.258 e. The Morgan fingerprint density at radius 1 is 0.963 bits per heavy atom. The first-order valence-corrected chi connectivity index (χ1v) is 9.59. The molecule has 0 fully saturated rings. The molecular weight excluding hydrogens is 356 g/mol. The highest BCUT2D eigenvalue weighted by atomic mass is 32.1. The van der Waals surface area contributed by atoms with Crippen LogP contribution in [0.4, 0.5) is 5.69 Å². The number of thiazole rings is 1. The fourth-order valence-electron chi connectivity index (χ4n) is 3.11. The second kappa shape index (κ2) is 6.93. The Labute approximate surface area is 161 Å². The van der Waals surface area contributed by atoms with Crippen molar-refractivity contribution in [3.63, 3.8) is 0 Å². The number of non-ortho nitro benzene ring substituents is 1. The second-order valence-electron chi connectivity index (χ2n) is 6.75. The molecule has 0 aliphatic rings. The zero-order valence-electron chi connectivity index (χ0n) is 15.0. The summed E-state index contributed by atoms with van der Waals surface area (Å²) < 4.78 is 1.10. The minimum atomic E-state index is -0.353. The highest BCUT2D eigenvalue weighted by molar-refractivity contribution is 7.21. The molecule has 1 aromatic heterocycles. The lowest BCUT2D eigenvalue weighted by Gasteiger charge is -2.10. The third-order valence-electron chi connectivity index (χ3n) is 4.63. The summed E-state index contributed by atoms with van der Waals surface area (Å²) in [5, 5.41) is 12.2. The number of aromatic nitrogens is 1. The Morgan fingerprint density at radius 2 is 1.70 bits per heavy atom. The third kappa shape index (κ3) is 3.34. The molecule has 0 radical (unpaired) electrons. The first kappa shape index (κ1) is 17.4. The minimum Gasteiger partial charge on any atom is -0.258 e. The van der Waals surface area contributed by atoms with Gasteiger partial charge in [-0.2, -0.15) is 0 Å². The van der Waals surface area contributed by atoms with Gasteiger partial charge in [0.2, 0.25) is 0 Å². The lowest BCUT2D eigenvalue weighted by atomic mass is 9.95. The Bertz CT molecular complexity index is 1100. The molecule has 4 rings (SSSR count). The number of rotatable bonds is 4. The molecule has 0 saturated carbocycles. The van der Waals surface area contributed by atoms with E-state index < -0.39 is 0 Å². The molecule has 1 heterocycles. The molecule has 0 saturated heterocycles. The average Bonchev–Trinajstić information content (AvgIpc) is 3.11. The maximum atomic E-state index is 11.3. The van der Waals surface area contributed by atoms with Crippen molar-refractivity contribution < 1.29 is 4.92 Å². The molecule has 0 bridgehead atoms. The van der Waals surface area contributed by atoms with Crippen LogP contribution in [0, 0.1) is 10.1 Å². The van der Waals surface area contributed by atoms with Crippen LogP contribution in [0.5, 0.6) is 0 Å². The highest BCUT2D eigenvalue weighted by Gasteiger charge is 2.16. The number of nitrogens with zero attached hydrogens (tertiary/aromatic N) is 2. The van der Waals surface area contributed by atoms with E-state index in [0.29, 0.717) is 5.92 Å². The topological polar surface area (TPSA) is 56.0 Å². The van der Waals surface area contributed by atoms with Crippen LogP contribution in [0.25, 0.3) is 31.9 Å². The minimum absolute atomic E-state index is 0.0859. The summed E-state index contributed by atoms with van der Waals surface area (Å²) >= 11 is 1.60. The van der Waals surface area contributed by atoms with Crippen molar-refractivity contribution >= 4 is 27.2 Å². The van der Waals surface area contributed by atoms with Gasteiger partial charge in [0.25, 0.3) is 5.69 Å². The van der Waals surface area contributed by atoms with E-state index in [1.54, 1.807) is 23.5 Å². The number of nitro groups is 1. The van der Waals surface area contributed by atoms with Crippen LogP contribution in [-0.4, -0.2) is 9.91 Å². The van der Waals surface area contributed by atoms with Gasteiger partial charge in [0.1, 0.15) is 5.01 Å². The summed E-state index contributed by atoms with van der Waals surface area (Å²) in [5.74, 6) is 0.438. The molecule has 4 nitrogen and oxygen atoms in total. The van der Waals surface area contributed by atoms with Crippen molar-refractivity contribution in [2.24, 2.45) is 0 Å². The van der Waals surface area contributed by atoms with Crippen LogP contribution in [0.2, 0.25) is 0 Å². The van der Waals surface area contributed by atoms with Gasteiger partial charge in [-0.15, -0.1) is 11.3 Å². The van der Waals surface area contributed by atoms with E-state index in [9.17, 15) is 10.1 Å². The van der Waals surface area contributed by atoms with Crippen LogP contribution in [0.15, 0.2) is 66.7 Å². The van der Waals surface area contributed by atoms with Gasteiger partial charge in [0, 0.05) is 17.7 Å². The van der Waals surface area contributed by atoms with E-state index in [1.165, 1.54) is 5.56 Å². The number of fused-ring (bicyclic) bond motifs is 1. The van der Waals surface area contributed by atoms with E-state index in [-0.39, 0.29) is 10.6 Å². The predicted octanol–water partition coefficient (Wildman–Crippen LogP) is 6.66. The SMILES string of the molecule is CC(C)c1ccc(-c2cc([N+](=O)[O-])ccc2-c2nc3ccccc3s2)cc1. The van der Waals surface area contributed by atoms with E-state index in [2.05, 4.69) is 26.0 Å². The quantitative estimate of drug-likeness (QED) is 0.296. The number of nitro benzene ring substituents is 1.